The summed E-state index contributed by atoms with van der Waals surface area (Å²) in [5, 5.41) is 5.03. The first-order valence-electron chi connectivity index (χ1n) is 6.31. The maximum absolute atomic E-state index is 10.5. The third kappa shape index (κ3) is 6.56. The van der Waals surface area contributed by atoms with Crippen molar-refractivity contribution in [2.75, 3.05) is 13.1 Å². The lowest BCUT2D eigenvalue weighted by Gasteiger charge is -2.11. The van der Waals surface area contributed by atoms with E-state index in [1.165, 1.54) is 6.42 Å². The number of hydrogen-bond donors (Lipinski definition) is 2. The Morgan fingerprint density at radius 2 is 2.35 bits per heavy atom. The molecule has 0 bridgehead atoms. The van der Waals surface area contributed by atoms with E-state index in [4.69, 9.17) is 5.73 Å². The van der Waals surface area contributed by atoms with Gasteiger partial charge in [0.05, 0.1) is 6.54 Å². The molecule has 0 aromatic carbocycles. The lowest BCUT2D eigenvalue weighted by Crippen LogP contribution is -2.21. The Labute approximate surface area is 108 Å². The van der Waals surface area contributed by atoms with E-state index in [2.05, 4.69) is 24.2 Å². The Kier molecular flexibility index (Phi) is 6.40. The Morgan fingerprint density at radius 1 is 1.59 bits per heavy atom. The zero-order valence-corrected chi connectivity index (χ0v) is 11.6. The van der Waals surface area contributed by atoms with Gasteiger partial charge in [0.25, 0.3) is 0 Å². The molecule has 0 spiro atoms. The zero-order chi connectivity index (χ0) is 12.7. The summed E-state index contributed by atoms with van der Waals surface area (Å²) < 4.78 is 0. The molecule has 1 atom stereocenters. The Morgan fingerprint density at radius 3 is 3.00 bits per heavy atom. The predicted molar refractivity (Wildman–Crippen MR) is 74.2 cm³/mol. The lowest BCUT2D eigenvalue weighted by atomic mass is 10.1. The monoisotopic (exact) mass is 257 g/mol. The summed E-state index contributed by atoms with van der Waals surface area (Å²) in [6.45, 7) is 6.31. The smallest absolute Gasteiger partial charge is 0.217 e. The number of amides is 1. The van der Waals surface area contributed by atoms with Gasteiger partial charge in [-0.05, 0) is 25.2 Å². The molecule has 17 heavy (non-hydrogen) atoms. The van der Waals surface area contributed by atoms with Gasteiger partial charge in [0.15, 0.2) is 5.17 Å². The molecule has 1 rings (SSSR count). The van der Waals surface area contributed by atoms with Crippen molar-refractivity contribution < 1.29 is 4.79 Å². The number of amidine groups is 1. The molecule has 1 aliphatic rings. The van der Waals surface area contributed by atoms with E-state index in [9.17, 15) is 4.79 Å². The number of aliphatic imine (C=N–C) groups is 1. The number of thioether (sulfide) groups is 1. The van der Waals surface area contributed by atoms with Crippen LogP contribution in [0.25, 0.3) is 0 Å². The molecule has 0 saturated carbocycles. The fraction of sp³-hybridized carbons (Fsp3) is 0.833. The third-order valence-electron chi connectivity index (χ3n) is 2.58. The standard InChI is InChI=1S/C12H23N3OS/c1-9(2)7-10-8-15-12(17-10)14-6-4-3-5-11(13)16/h9-10H,3-8H2,1-2H3,(H2,13,16)(H,14,15). The van der Waals surface area contributed by atoms with Crippen molar-refractivity contribution in [1.29, 1.82) is 0 Å². The number of nitrogens with one attached hydrogen (secondary N) is 1. The van der Waals surface area contributed by atoms with Crippen LogP contribution >= 0.6 is 11.8 Å². The molecular weight excluding hydrogens is 234 g/mol. The highest BCUT2D eigenvalue weighted by Gasteiger charge is 2.19. The van der Waals surface area contributed by atoms with Crippen LogP contribution in [0.5, 0.6) is 0 Å². The fourth-order valence-corrected chi connectivity index (χ4v) is 3.06. The van der Waals surface area contributed by atoms with Crippen LogP contribution in [-0.2, 0) is 4.79 Å². The maximum atomic E-state index is 10.5. The van der Waals surface area contributed by atoms with E-state index in [0.717, 1.165) is 37.0 Å². The van der Waals surface area contributed by atoms with Crippen LogP contribution in [-0.4, -0.2) is 29.4 Å². The molecule has 0 aliphatic carbocycles. The molecule has 4 nitrogen and oxygen atoms in total. The second-order valence-corrected chi connectivity index (χ2v) is 6.15. The first-order valence-corrected chi connectivity index (χ1v) is 7.19. The first kappa shape index (κ1) is 14.4. The van der Waals surface area contributed by atoms with E-state index in [1.54, 1.807) is 0 Å². The summed E-state index contributed by atoms with van der Waals surface area (Å²) in [5.41, 5.74) is 5.07. The van der Waals surface area contributed by atoms with Crippen molar-refractivity contribution in [3.05, 3.63) is 0 Å². The van der Waals surface area contributed by atoms with E-state index in [0.29, 0.717) is 11.7 Å². The van der Waals surface area contributed by atoms with Crippen LogP contribution in [0.15, 0.2) is 4.99 Å². The summed E-state index contributed by atoms with van der Waals surface area (Å²) in [6.07, 6.45) is 3.53. The summed E-state index contributed by atoms with van der Waals surface area (Å²) in [7, 11) is 0. The van der Waals surface area contributed by atoms with Gasteiger partial charge in [-0.2, -0.15) is 0 Å². The Hall–Kier alpha value is -0.710. The molecule has 5 heteroatoms. The molecule has 0 saturated heterocycles. The van der Waals surface area contributed by atoms with Gasteiger partial charge in [0, 0.05) is 18.2 Å². The SMILES string of the molecule is CC(C)CC1CN=C(NCCCCC(N)=O)S1. The van der Waals surface area contributed by atoms with Crippen molar-refractivity contribution in [3.8, 4) is 0 Å². The lowest BCUT2D eigenvalue weighted by molar-refractivity contribution is -0.118. The molecular formula is C12H23N3OS. The van der Waals surface area contributed by atoms with E-state index >= 15 is 0 Å². The van der Waals surface area contributed by atoms with Crippen molar-refractivity contribution in [1.82, 2.24) is 5.32 Å². The number of carbonyl (C=O) groups is 1. The van der Waals surface area contributed by atoms with Gasteiger partial charge in [0.1, 0.15) is 0 Å². The molecule has 1 unspecified atom stereocenters. The van der Waals surface area contributed by atoms with Gasteiger partial charge in [-0.3, -0.25) is 9.79 Å². The van der Waals surface area contributed by atoms with Crippen LogP contribution in [0.1, 0.15) is 39.5 Å². The summed E-state index contributed by atoms with van der Waals surface area (Å²) in [5.74, 6) is 0.521. The van der Waals surface area contributed by atoms with Crippen LogP contribution in [0.4, 0.5) is 0 Å². The van der Waals surface area contributed by atoms with Gasteiger partial charge in [-0.15, -0.1) is 0 Å². The maximum Gasteiger partial charge on any atom is 0.217 e. The molecule has 0 aromatic rings. The largest absolute Gasteiger partial charge is 0.370 e. The number of rotatable bonds is 7. The number of primary amides is 1. The van der Waals surface area contributed by atoms with E-state index in [-0.39, 0.29) is 5.91 Å². The molecule has 1 heterocycles. The third-order valence-corrected chi connectivity index (χ3v) is 3.75. The quantitative estimate of drug-likeness (QED) is 0.683. The van der Waals surface area contributed by atoms with Crippen LogP contribution in [0.2, 0.25) is 0 Å². The van der Waals surface area contributed by atoms with Crippen molar-refractivity contribution >= 4 is 22.8 Å². The topological polar surface area (TPSA) is 67.5 Å². The molecule has 0 fully saturated rings. The molecule has 1 amide bonds. The number of carbonyl (C=O) groups excluding carboxylic acids is 1. The van der Waals surface area contributed by atoms with Gasteiger partial charge < -0.3 is 11.1 Å². The normalized spacial score (nSPS) is 19.5. The van der Waals surface area contributed by atoms with Crippen molar-refractivity contribution in [2.24, 2.45) is 16.6 Å². The first-order chi connectivity index (χ1) is 8.08. The second-order valence-electron chi connectivity index (χ2n) is 4.87. The highest BCUT2D eigenvalue weighted by Crippen LogP contribution is 2.25. The highest BCUT2D eigenvalue weighted by molar-refractivity contribution is 8.14. The summed E-state index contributed by atoms with van der Waals surface area (Å²) >= 11 is 1.85. The van der Waals surface area contributed by atoms with E-state index in [1.807, 2.05) is 11.8 Å². The van der Waals surface area contributed by atoms with Gasteiger partial charge in [-0.1, -0.05) is 25.6 Å². The van der Waals surface area contributed by atoms with E-state index < -0.39 is 0 Å². The number of unbranched alkanes of at least 4 members (excludes halogenated alkanes) is 1. The molecule has 0 radical (unpaired) electrons. The summed E-state index contributed by atoms with van der Waals surface area (Å²) in [6, 6.07) is 0. The van der Waals surface area contributed by atoms with Gasteiger partial charge in [0.2, 0.25) is 5.91 Å². The highest BCUT2D eigenvalue weighted by atomic mass is 32.2. The Bertz CT molecular complexity index is 279. The van der Waals surface area contributed by atoms with Crippen LogP contribution in [0.3, 0.4) is 0 Å². The van der Waals surface area contributed by atoms with Crippen molar-refractivity contribution in [3.63, 3.8) is 0 Å². The number of nitrogens with zero attached hydrogens (tertiary/aromatic N) is 1. The average Bonchev–Trinajstić information content (AvgIpc) is 2.63. The minimum absolute atomic E-state index is 0.213. The second kappa shape index (κ2) is 7.58. The van der Waals surface area contributed by atoms with Gasteiger partial charge >= 0.3 is 0 Å². The molecule has 0 aromatic heterocycles. The minimum atomic E-state index is -0.213. The fourth-order valence-electron chi connectivity index (χ4n) is 1.78. The van der Waals surface area contributed by atoms with Crippen molar-refractivity contribution in [2.45, 2.75) is 44.8 Å². The number of nitrogens with two attached hydrogens (primary N) is 1. The zero-order valence-electron chi connectivity index (χ0n) is 10.7. The predicted octanol–water partition coefficient (Wildman–Crippen LogP) is 1.75. The molecule has 98 valence electrons. The van der Waals surface area contributed by atoms with Gasteiger partial charge in [-0.25, -0.2) is 0 Å². The molecule has 3 N–H and O–H groups in total. The number of hydrogen-bond acceptors (Lipinski definition) is 4. The average molecular weight is 257 g/mol. The van der Waals surface area contributed by atoms with Crippen LogP contribution in [0, 0.1) is 5.92 Å². The summed E-state index contributed by atoms with van der Waals surface area (Å²) in [4.78, 5) is 15.0. The minimum Gasteiger partial charge on any atom is -0.370 e. The molecule has 1 aliphatic heterocycles. The van der Waals surface area contributed by atoms with Crippen LogP contribution < -0.4 is 11.1 Å². The Balaban J connectivity index is 2.04.